The van der Waals surface area contributed by atoms with Gasteiger partial charge in [0.15, 0.2) is 0 Å². The van der Waals surface area contributed by atoms with Crippen LogP contribution in [0.15, 0.2) is 4.79 Å². The van der Waals surface area contributed by atoms with Gasteiger partial charge in [-0.05, 0) is 44.7 Å². The summed E-state index contributed by atoms with van der Waals surface area (Å²) in [6.07, 6.45) is 1.76. The highest BCUT2D eigenvalue weighted by molar-refractivity contribution is 5.76. The molecule has 0 aliphatic rings. The summed E-state index contributed by atoms with van der Waals surface area (Å²) >= 11 is 0. The summed E-state index contributed by atoms with van der Waals surface area (Å²) in [7, 11) is 0. The van der Waals surface area contributed by atoms with E-state index in [1.165, 1.54) is 0 Å². The minimum Gasteiger partial charge on any atom is -0.354 e. The van der Waals surface area contributed by atoms with E-state index >= 15 is 0 Å². The van der Waals surface area contributed by atoms with Gasteiger partial charge in [-0.2, -0.15) is 5.26 Å². The molecule has 0 fully saturated rings. The predicted octanol–water partition coefficient (Wildman–Crippen LogP) is 1.71. The first-order chi connectivity index (χ1) is 9.40. The molecule has 0 aromatic carbocycles. The minimum absolute atomic E-state index is 0.0112. The molecule has 1 heterocycles. The molecule has 0 saturated carbocycles. The Bertz CT molecular complexity index is 596. The number of carbonyl (C=O) groups excluding carboxylic acids is 1. The molecule has 1 aromatic rings. The molecule has 0 spiro atoms. The van der Waals surface area contributed by atoms with Crippen molar-refractivity contribution in [2.45, 2.75) is 53.0 Å². The SMILES string of the molecule is CC[C@@H](C)NC(=O)CCc1c(C)[nH]c(=O)c(C#N)c1C. The number of aromatic amines is 1. The highest BCUT2D eigenvalue weighted by Gasteiger charge is 2.13. The molecule has 0 unspecified atom stereocenters. The van der Waals surface area contributed by atoms with E-state index in [-0.39, 0.29) is 23.1 Å². The average Bonchev–Trinajstić information content (AvgIpc) is 2.38. The highest BCUT2D eigenvalue weighted by Crippen LogP contribution is 2.14. The third-order valence-corrected chi connectivity index (χ3v) is 3.54. The average molecular weight is 275 g/mol. The largest absolute Gasteiger partial charge is 0.354 e. The first kappa shape index (κ1) is 16.0. The fourth-order valence-corrected chi connectivity index (χ4v) is 2.11. The van der Waals surface area contributed by atoms with Crippen LogP contribution in [0, 0.1) is 25.2 Å². The fraction of sp³-hybridized carbons (Fsp3) is 0.533. The van der Waals surface area contributed by atoms with Gasteiger partial charge in [-0.25, -0.2) is 0 Å². The number of aromatic nitrogens is 1. The van der Waals surface area contributed by atoms with Crippen LogP contribution in [0.5, 0.6) is 0 Å². The predicted molar refractivity (Wildman–Crippen MR) is 77.5 cm³/mol. The third-order valence-electron chi connectivity index (χ3n) is 3.54. The Labute approximate surface area is 119 Å². The van der Waals surface area contributed by atoms with Crippen molar-refractivity contribution < 1.29 is 4.79 Å². The monoisotopic (exact) mass is 275 g/mol. The van der Waals surface area contributed by atoms with Crippen molar-refractivity contribution in [1.29, 1.82) is 5.26 Å². The summed E-state index contributed by atoms with van der Waals surface area (Å²) < 4.78 is 0. The zero-order chi connectivity index (χ0) is 15.3. The molecule has 5 heteroatoms. The second-order valence-electron chi connectivity index (χ2n) is 5.05. The van der Waals surface area contributed by atoms with Gasteiger partial charge in [0.25, 0.3) is 5.56 Å². The van der Waals surface area contributed by atoms with Crippen LogP contribution in [-0.4, -0.2) is 16.9 Å². The standard InChI is InChI=1S/C15H21N3O2/c1-5-9(2)17-14(19)7-6-12-10(3)13(8-16)15(20)18-11(12)4/h9H,5-7H2,1-4H3,(H,17,19)(H,18,20)/t9-/m1/s1. The zero-order valence-electron chi connectivity index (χ0n) is 12.5. The van der Waals surface area contributed by atoms with Gasteiger partial charge in [-0.3, -0.25) is 9.59 Å². The molecule has 1 aromatic heterocycles. The van der Waals surface area contributed by atoms with Crippen molar-refractivity contribution >= 4 is 5.91 Å². The van der Waals surface area contributed by atoms with Gasteiger partial charge in [0.2, 0.25) is 5.91 Å². The van der Waals surface area contributed by atoms with Gasteiger partial charge in [0.1, 0.15) is 11.6 Å². The highest BCUT2D eigenvalue weighted by atomic mass is 16.1. The van der Waals surface area contributed by atoms with Gasteiger partial charge < -0.3 is 10.3 Å². The maximum absolute atomic E-state index is 11.8. The zero-order valence-corrected chi connectivity index (χ0v) is 12.5. The Morgan fingerprint density at radius 2 is 2.10 bits per heavy atom. The van der Waals surface area contributed by atoms with E-state index in [1.54, 1.807) is 13.8 Å². The molecular formula is C15H21N3O2. The van der Waals surface area contributed by atoms with Crippen LogP contribution >= 0.6 is 0 Å². The van der Waals surface area contributed by atoms with Crippen LogP contribution in [0.2, 0.25) is 0 Å². The first-order valence-corrected chi connectivity index (χ1v) is 6.82. The summed E-state index contributed by atoms with van der Waals surface area (Å²) in [4.78, 5) is 26.1. The molecule has 0 aliphatic heterocycles. The Kier molecular flexibility index (Phi) is 5.51. The normalized spacial score (nSPS) is 11.8. The smallest absolute Gasteiger partial charge is 0.266 e. The van der Waals surface area contributed by atoms with Crippen molar-refractivity contribution in [3.8, 4) is 6.07 Å². The lowest BCUT2D eigenvalue weighted by atomic mass is 9.99. The van der Waals surface area contributed by atoms with E-state index in [4.69, 9.17) is 5.26 Å². The Balaban J connectivity index is 2.87. The molecule has 20 heavy (non-hydrogen) atoms. The number of aryl methyl sites for hydroxylation is 1. The molecule has 0 bridgehead atoms. The van der Waals surface area contributed by atoms with Gasteiger partial charge >= 0.3 is 0 Å². The van der Waals surface area contributed by atoms with Crippen molar-refractivity contribution in [1.82, 2.24) is 10.3 Å². The second kappa shape index (κ2) is 6.90. The Morgan fingerprint density at radius 3 is 2.65 bits per heavy atom. The molecule has 5 nitrogen and oxygen atoms in total. The van der Waals surface area contributed by atoms with Gasteiger partial charge in [0.05, 0.1) is 0 Å². The van der Waals surface area contributed by atoms with E-state index in [0.717, 1.165) is 17.7 Å². The first-order valence-electron chi connectivity index (χ1n) is 6.82. The topological polar surface area (TPSA) is 85.8 Å². The van der Waals surface area contributed by atoms with E-state index in [9.17, 15) is 9.59 Å². The molecule has 1 amide bonds. The van der Waals surface area contributed by atoms with Crippen LogP contribution in [-0.2, 0) is 11.2 Å². The lowest BCUT2D eigenvalue weighted by molar-refractivity contribution is -0.121. The Morgan fingerprint density at radius 1 is 1.45 bits per heavy atom. The number of nitrogens with zero attached hydrogens (tertiary/aromatic N) is 1. The van der Waals surface area contributed by atoms with Crippen molar-refractivity contribution in [3.05, 3.63) is 32.7 Å². The van der Waals surface area contributed by atoms with Gasteiger partial charge in [0, 0.05) is 18.2 Å². The Hall–Kier alpha value is -2.09. The van der Waals surface area contributed by atoms with Crippen molar-refractivity contribution in [2.24, 2.45) is 0 Å². The molecule has 1 atom stereocenters. The number of H-pyrrole nitrogens is 1. The lowest BCUT2D eigenvalue weighted by Gasteiger charge is -2.13. The number of nitriles is 1. The molecule has 0 aliphatic carbocycles. The number of hydrogen-bond donors (Lipinski definition) is 2. The molecule has 1 rings (SSSR count). The molecule has 0 radical (unpaired) electrons. The number of carbonyl (C=O) groups is 1. The van der Waals surface area contributed by atoms with Crippen LogP contribution in [0.4, 0.5) is 0 Å². The van der Waals surface area contributed by atoms with Crippen molar-refractivity contribution in [2.75, 3.05) is 0 Å². The summed E-state index contributed by atoms with van der Waals surface area (Å²) in [5.74, 6) is -0.0112. The van der Waals surface area contributed by atoms with Gasteiger partial charge in [-0.15, -0.1) is 0 Å². The summed E-state index contributed by atoms with van der Waals surface area (Å²) in [5, 5.41) is 11.9. The number of nitrogens with one attached hydrogen (secondary N) is 2. The van der Waals surface area contributed by atoms with Crippen LogP contribution in [0.3, 0.4) is 0 Å². The van der Waals surface area contributed by atoms with Crippen LogP contribution < -0.4 is 10.9 Å². The van der Waals surface area contributed by atoms with E-state index in [2.05, 4.69) is 10.3 Å². The maximum atomic E-state index is 11.8. The van der Waals surface area contributed by atoms with Crippen LogP contribution in [0.1, 0.15) is 49.1 Å². The number of pyridine rings is 1. The van der Waals surface area contributed by atoms with E-state index in [1.807, 2.05) is 19.9 Å². The number of amides is 1. The number of rotatable bonds is 5. The van der Waals surface area contributed by atoms with Crippen molar-refractivity contribution in [3.63, 3.8) is 0 Å². The van der Waals surface area contributed by atoms with Gasteiger partial charge in [-0.1, -0.05) is 6.92 Å². The molecule has 0 saturated heterocycles. The molecule has 108 valence electrons. The maximum Gasteiger partial charge on any atom is 0.266 e. The summed E-state index contributed by atoms with van der Waals surface area (Å²) in [6, 6.07) is 2.08. The van der Waals surface area contributed by atoms with E-state index in [0.29, 0.717) is 18.4 Å². The number of hydrogen-bond acceptors (Lipinski definition) is 3. The quantitative estimate of drug-likeness (QED) is 0.857. The second-order valence-corrected chi connectivity index (χ2v) is 5.05. The minimum atomic E-state index is -0.365. The fourth-order valence-electron chi connectivity index (χ4n) is 2.11. The van der Waals surface area contributed by atoms with E-state index < -0.39 is 0 Å². The molecule has 2 N–H and O–H groups in total. The third kappa shape index (κ3) is 3.70. The molecular weight excluding hydrogens is 254 g/mol. The van der Waals surface area contributed by atoms with Crippen LogP contribution in [0.25, 0.3) is 0 Å². The summed E-state index contributed by atoms with van der Waals surface area (Å²) in [5.41, 5.74) is 2.04. The lowest BCUT2D eigenvalue weighted by Crippen LogP contribution is -2.32. The summed E-state index contributed by atoms with van der Waals surface area (Å²) in [6.45, 7) is 7.52.